The summed E-state index contributed by atoms with van der Waals surface area (Å²) in [5, 5.41) is 2.37. The first-order valence-corrected chi connectivity index (χ1v) is 7.86. The van der Waals surface area contributed by atoms with Crippen LogP contribution >= 0.6 is 0 Å². The third-order valence-electron chi connectivity index (χ3n) is 3.98. The van der Waals surface area contributed by atoms with Gasteiger partial charge in [0, 0.05) is 14.1 Å². The first kappa shape index (κ1) is 19.1. The predicted octanol–water partition coefficient (Wildman–Crippen LogP) is -0.581. The molecule has 0 unspecified atom stereocenters. The molecular weight excluding hydrogens is 342 g/mol. The maximum atomic E-state index is 12.3. The van der Waals surface area contributed by atoms with Crippen LogP contribution < -0.4 is 5.32 Å². The van der Waals surface area contributed by atoms with Gasteiger partial charge in [-0.3, -0.25) is 24.1 Å². The Morgan fingerprint density at radius 2 is 1.69 bits per heavy atom. The Bertz CT molecular complexity index is 741. The number of fused-ring (bicyclic) bond motifs is 1. The van der Waals surface area contributed by atoms with Crippen LogP contribution in [0.25, 0.3) is 0 Å². The minimum absolute atomic E-state index is 0.180. The molecule has 0 fully saturated rings. The van der Waals surface area contributed by atoms with Crippen LogP contribution in [0.3, 0.4) is 0 Å². The van der Waals surface area contributed by atoms with Gasteiger partial charge >= 0.3 is 5.97 Å². The van der Waals surface area contributed by atoms with E-state index >= 15 is 0 Å². The molecule has 26 heavy (non-hydrogen) atoms. The molecule has 1 aromatic rings. The Balaban J connectivity index is 1.96. The minimum Gasteiger partial charge on any atom is -0.454 e. The molecule has 1 aliphatic heterocycles. The minimum atomic E-state index is -1.18. The molecular formula is C17H19N3O6. The van der Waals surface area contributed by atoms with Crippen molar-refractivity contribution in [2.24, 2.45) is 0 Å². The Morgan fingerprint density at radius 3 is 2.19 bits per heavy atom. The summed E-state index contributed by atoms with van der Waals surface area (Å²) in [6.07, 6.45) is 0. The average molecular weight is 361 g/mol. The average Bonchev–Trinajstić information content (AvgIpc) is 2.89. The molecule has 0 radical (unpaired) electrons. The number of benzene rings is 1. The van der Waals surface area contributed by atoms with Gasteiger partial charge in [0.05, 0.1) is 17.7 Å². The van der Waals surface area contributed by atoms with E-state index in [1.165, 1.54) is 33.2 Å². The van der Waals surface area contributed by atoms with Gasteiger partial charge in [0.2, 0.25) is 5.91 Å². The van der Waals surface area contributed by atoms with E-state index in [2.05, 4.69) is 5.32 Å². The van der Waals surface area contributed by atoms with E-state index in [0.29, 0.717) is 0 Å². The number of esters is 1. The van der Waals surface area contributed by atoms with Gasteiger partial charge in [0.1, 0.15) is 6.04 Å². The molecule has 1 aromatic carbocycles. The molecule has 0 bridgehead atoms. The molecule has 9 nitrogen and oxygen atoms in total. The third kappa shape index (κ3) is 3.71. The van der Waals surface area contributed by atoms with E-state index in [1.54, 1.807) is 12.1 Å². The van der Waals surface area contributed by atoms with E-state index in [0.717, 1.165) is 9.80 Å². The van der Waals surface area contributed by atoms with E-state index in [9.17, 15) is 24.0 Å². The zero-order valence-corrected chi connectivity index (χ0v) is 14.6. The van der Waals surface area contributed by atoms with Crippen molar-refractivity contribution in [3.8, 4) is 0 Å². The Hall–Kier alpha value is -3.23. The van der Waals surface area contributed by atoms with Crippen LogP contribution in [0.2, 0.25) is 0 Å². The van der Waals surface area contributed by atoms with E-state index in [1.807, 2.05) is 0 Å². The number of likely N-dealkylation sites (N-methyl/N-ethyl adjacent to an activating group) is 2. The normalized spacial score (nSPS) is 13.9. The highest BCUT2D eigenvalue weighted by Crippen LogP contribution is 2.24. The van der Waals surface area contributed by atoms with Gasteiger partial charge in [-0.25, -0.2) is 4.79 Å². The van der Waals surface area contributed by atoms with Crippen molar-refractivity contribution in [3.63, 3.8) is 0 Å². The number of hydrogen-bond acceptors (Lipinski definition) is 6. The van der Waals surface area contributed by atoms with Gasteiger partial charge in [-0.05, 0) is 19.1 Å². The molecule has 1 heterocycles. The molecule has 9 heteroatoms. The van der Waals surface area contributed by atoms with Crippen molar-refractivity contribution < 1.29 is 28.7 Å². The monoisotopic (exact) mass is 361 g/mol. The number of nitrogens with one attached hydrogen (secondary N) is 1. The quantitative estimate of drug-likeness (QED) is 0.536. The molecule has 0 saturated heterocycles. The van der Waals surface area contributed by atoms with Crippen molar-refractivity contribution in [2.45, 2.75) is 13.0 Å². The number of amides is 4. The summed E-state index contributed by atoms with van der Waals surface area (Å²) in [6, 6.07) is 5.07. The lowest BCUT2D eigenvalue weighted by atomic mass is 10.1. The topological polar surface area (TPSA) is 113 Å². The number of hydrogen-bond donors (Lipinski definition) is 1. The maximum Gasteiger partial charge on any atom is 0.329 e. The van der Waals surface area contributed by atoms with Gasteiger partial charge in [-0.1, -0.05) is 12.1 Å². The van der Waals surface area contributed by atoms with Gasteiger partial charge in [0.15, 0.2) is 6.61 Å². The number of nitrogens with zero attached hydrogens (tertiary/aromatic N) is 2. The van der Waals surface area contributed by atoms with Crippen molar-refractivity contribution >= 4 is 29.6 Å². The van der Waals surface area contributed by atoms with Gasteiger partial charge in [-0.2, -0.15) is 0 Å². The molecule has 0 spiro atoms. The molecule has 138 valence electrons. The molecule has 0 aliphatic carbocycles. The first-order chi connectivity index (χ1) is 12.3. The highest BCUT2D eigenvalue weighted by Gasteiger charge is 2.41. The smallest absolute Gasteiger partial charge is 0.329 e. The summed E-state index contributed by atoms with van der Waals surface area (Å²) in [4.78, 5) is 61.8. The highest BCUT2D eigenvalue weighted by molar-refractivity contribution is 6.22. The van der Waals surface area contributed by atoms with Crippen LogP contribution in [-0.2, 0) is 19.1 Å². The Labute approximate surface area is 149 Å². The highest BCUT2D eigenvalue weighted by atomic mass is 16.5. The molecule has 4 amide bonds. The molecule has 0 saturated carbocycles. The van der Waals surface area contributed by atoms with Crippen molar-refractivity contribution in [3.05, 3.63) is 35.4 Å². The van der Waals surface area contributed by atoms with E-state index in [4.69, 9.17) is 4.74 Å². The van der Waals surface area contributed by atoms with Gasteiger partial charge in [-0.15, -0.1) is 0 Å². The predicted molar refractivity (Wildman–Crippen MR) is 89.1 cm³/mol. The second-order valence-electron chi connectivity index (χ2n) is 5.73. The molecule has 1 atom stereocenters. The summed E-state index contributed by atoms with van der Waals surface area (Å²) < 4.78 is 4.90. The molecule has 0 aromatic heterocycles. The van der Waals surface area contributed by atoms with Crippen molar-refractivity contribution in [1.29, 1.82) is 0 Å². The van der Waals surface area contributed by atoms with E-state index < -0.39 is 36.3 Å². The van der Waals surface area contributed by atoms with Crippen LogP contribution in [0.5, 0.6) is 0 Å². The summed E-state index contributed by atoms with van der Waals surface area (Å²) in [6.45, 7) is 0.573. The molecule has 2 rings (SSSR count). The second-order valence-corrected chi connectivity index (χ2v) is 5.73. The summed E-state index contributed by atoms with van der Waals surface area (Å²) in [5.41, 5.74) is 0.442. The van der Waals surface area contributed by atoms with Gasteiger partial charge < -0.3 is 15.0 Å². The molecule has 1 N–H and O–H groups in total. The van der Waals surface area contributed by atoms with Crippen LogP contribution in [0.15, 0.2) is 24.3 Å². The fraction of sp³-hybridized carbons (Fsp3) is 0.353. The SMILES string of the molecule is CNC(=O)CN(C)C(=O)COC(=O)[C@@H](C)N1C(=O)c2ccccc2C1=O. The number of ether oxygens (including phenoxy) is 1. The second kappa shape index (κ2) is 7.77. The number of carbonyl (C=O) groups excluding carboxylic acids is 5. The lowest BCUT2D eigenvalue weighted by Crippen LogP contribution is -2.45. The fourth-order valence-corrected chi connectivity index (χ4v) is 2.41. The van der Waals surface area contributed by atoms with Crippen molar-refractivity contribution in [1.82, 2.24) is 15.1 Å². The first-order valence-electron chi connectivity index (χ1n) is 7.86. The zero-order chi connectivity index (χ0) is 19.4. The fourth-order valence-electron chi connectivity index (χ4n) is 2.41. The standard InChI is InChI=1S/C17H19N3O6/c1-10(17(25)26-9-14(22)19(3)8-13(21)18-2)20-15(23)11-6-4-5-7-12(11)16(20)24/h4-7,10H,8-9H2,1-3H3,(H,18,21)/t10-/m1/s1. The lowest BCUT2D eigenvalue weighted by Gasteiger charge is -2.21. The largest absolute Gasteiger partial charge is 0.454 e. The summed E-state index contributed by atoms with van der Waals surface area (Å²) in [7, 11) is 2.82. The number of carbonyl (C=O) groups is 5. The Morgan fingerprint density at radius 1 is 1.15 bits per heavy atom. The number of rotatable bonds is 6. The lowest BCUT2D eigenvalue weighted by molar-refractivity contribution is -0.154. The van der Waals surface area contributed by atoms with Gasteiger partial charge in [0.25, 0.3) is 17.7 Å². The summed E-state index contributed by atoms with van der Waals surface area (Å²) >= 11 is 0. The van der Waals surface area contributed by atoms with Crippen molar-refractivity contribution in [2.75, 3.05) is 27.2 Å². The maximum absolute atomic E-state index is 12.3. The zero-order valence-electron chi connectivity index (χ0n) is 14.6. The van der Waals surface area contributed by atoms with Crippen LogP contribution in [0.1, 0.15) is 27.6 Å². The van der Waals surface area contributed by atoms with E-state index in [-0.39, 0.29) is 23.6 Å². The number of imide groups is 1. The third-order valence-corrected chi connectivity index (χ3v) is 3.98. The van der Waals surface area contributed by atoms with Crippen LogP contribution in [0.4, 0.5) is 0 Å². The van der Waals surface area contributed by atoms with Crippen LogP contribution in [0, 0.1) is 0 Å². The summed E-state index contributed by atoms with van der Waals surface area (Å²) in [5.74, 6) is -3.01. The Kier molecular flexibility index (Phi) is 5.71. The van der Waals surface area contributed by atoms with Crippen LogP contribution in [-0.4, -0.2) is 72.7 Å². The molecule has 1 aliphatic rings.